The van der Waals surface area contributed by atoms with Crippen molar-refractivity contribution in [1.82, 2.24) is 0 Å². The maximum atomic E-state index is 2.37. The van der Waals surface area contributed by atoms with Gasteiger partial charge in [-0.15, -0.1) is 11.8 Å². The van der Waals surface area contributed by atoms with Gasteiger partial charge in [-0.2, -0.15) is 0 Å². The van der Waals surface area contributed by atoms with Crippen molar-refractivity contribution >= 4 is 11.8 Å². The predicted molar refractivity (Wildman–Crippen MR) is 100 cm³/mol. The fraction of sp³-hybridized carbons (Fsp3) is 0.182. The van der Waals surface area contributed by atoms with Gasteiger partial charge in [0.25, 0.3) is 0 Å². The second-order valence-corrected chi connectivity index (χ2v) is 7.64. The van der Waals surface area contributed by atoms with Crippen molar-refractivity contribution in [3.05, 3.63) is 107 Å². The van der Waals surface area contributed by atoms with E-state index in [-0.39, 0.29) is 0 Å². The molecule has 0 fully saturated rings. The maximum Gasteiger partial charge on any atom is 0.0552 e. The summed E-state index contributed by atoms with van der Waals surface area (Å²) >= 11 is 2.09. The number of rotatable bonds is 2. The maximum absolute atomic E-state index is 2.37. The van der Waals surface area contributed by atoms with Gasteiger partial charge in [0, 0.05) is 11.2 Å². The van der Waals surface area contributed by atoms with Crippen LogP contribution in [-0.2, 0) is 0 Å². The highest BCUT2D eigenvalue weighted by Gasteiger charge is 2.34. The first-order valence-electron chi connectivity index (χ1n) is 8.19. The third-order valence-electron chi connectivity index (χ3n) is 4.69. The fourth-order valence-electron chi connectivity index (χ4n) is 3.65. The van der Waals surface area contributed by atoms with E-state index in [1.807, 2.05) is 0 Å². The molecule has 0 spiro atoms. The molecule has 0 radical (unpaired) electrons. The lowest BCUT2D eigenvalue weighted by atomic mass is 9.83. The highest BCUT2D eigenvalue weighted by Crippen LogP contribution is 2.51. The number of thioether (sulfide) groups is 1. The van der Waals surface area contributed by atoms with Crippen molar-refractivity contribution in [3.63, 3.8) is 0 Å². The van der Waals surface area contributed by atoms with Crippen LogP contribution in [0.3, 0.4) is 0 Å². The summed E-state index contributed by atoms with van der Waals surface area (Å²) in [6, 6.07) is 30.8. The summed E-state index contributed by atoms with van der Waals surface area (Å²) in [7, 11) is 0. The SMILES string of the molecule is C[C@H]1S[C@H](c2ccccc2)c2ccccc2[C@@H]1c1ccccc1. The molecule has 0 N–H and O–H groups in total. The molecular weight excluding hydrogens is 296 g/mol. The Morgan fingerprint density at radius 2 is 1.13 bits per heavy atom. The highest BCUT2D eigenvalue weighted by molar-refractivity contribution is 8.00. The molecule has 3 aromatic carbocycles. The zero-order valence-electron chi connectivity index (χ0n) is 13.2. The van der Waals surface area contributed by atoms with Crippen LogP contribution in [-0.4, -0.2) is 5.25 Å². The third kappa shape index (κ3) is 2.70. The number of hydrogen-bond acceptors (Lipinski definition) is 1. The van der Waals surface area contributed by atoms with Crippen molar-refractivity contribution in [2.75, 3.05) is 0 Å². The molecule has 0 aromatic heterocycles. The van der Waals surface area contributed by atoms with E-state index >= 15 is 0 Å². The van der Waals surface area contributed by atoms with Crippen molar-refractivity contribution in [2.45, 2.75) is 23.3 Å². The average Bonchev–Trinajstić information content (AvgIpc) is 2.62. The van der Waals surface area contributed by atoms with Gasteiger partial charge in [-0.1, -0.05) is 91.9 Å². The van der Waals surface area contributed by atoms with E-state index in [1.54, 1.807) is 0 Å². The van der Waals surface area contributed by atoms with Gasteiger partial charge in [0.1, 0.15) is 0 Å². The molecule has 0 bridgehead atoms. The van der Waals surface area contributed by atoms with E-state index < -0.39 is 0 Å². The Hall–Kier alpha value is -1.99. The van der Waals surface area contributed by atoms with E-state index in [0.29, 0.717) is 16.4 Å². The summed E-state index contributed by atoms with van der Waals surface area (Å²) < 4.78 is 0. The Kier molecular flexibility index (Phi) is 3.97. The summed E-state index contributed by atoms with van der Waals surface area (Å²) in [4.78, 5) is 0. The Morgan fingerprint density at radius 1 is 0.609 bits per heavy atom. The molecule has 4 rings (SSSR count). The van der Waals surface area contributed by atoms with Crippen LogP contribution in [0.25, 0.3) is 0 Å². The lowest BCUT2D eigenvalue weighted by Crippen LogP contribution is -2.23. The second-order valence-electron chi connectivity index (χ2n) is 6.15. The van der Waals surface area contributed by atoms with Crippen LogP contribution in [0.5, 0.6) is 0 Å². The van der Waals surface area contributed by atoms with E-state index in [1.165, 1.54) is 22.3 Å². The predicted octanol–water partition coefficient (Wildman–Crippen LogP) is 6.04. The minimum Gasteiger partial charge on any atom is -0.145 e. The summed E-state index contributed by atoms with van der Waals surface area (Å²) in [5.41, 5.74) is 5.78. The van der Waals surface area contributed by atoms with Crippen molar-refractivity contribution in [2.24, 2.45) is 0 Å². The first-order chi connectivity index (χ1) is 11.3. The first kappa shape index (κ1) is 14.6. The number of hydrogen-bond donors (Lipinski definition) is 0. The van der Waals surface area contributed by atoms with Gasteiger partial charge in [-0.05, 0) is 22.3 Å². The minimum absolute atomic E-state index is 0.433. The second kappa shape index (κ2) is 6.25. The van der Waals surface area contributed by atoms with Gasteiger partial charge >= 0.3 is 0 Å². The van der Waals surface area contributed by atoms with Gasteiger partial charge in [0.15, 0.2) is 0 Å². The van der Waals surface area contributed by atoms with Gasteiger partial charge in [0.05, 0.1) is 5.25 Å². The molecule has 1 aliphatic heterocycles. The Morgan fingerprint density at radius 3 is 1.78 bits per heavy atom. The molecule has 0 nitrogen and oxygen atoms in total. The molecule has 0 aliphatic carbocycles. The van der Waals surface area contributed by atoms with E-state index in [4.69, 9.17) is 0 Å². The normalized spacial score (nSPS) is 23.3. The topological polar surface area (TPSA) is 0 Å². The largest absolute Gasteiger partial charge is 0.145 e. The molecule has 1 heteroatoms. The number of fused-ring (bicyclic) bond motifs is 1. The molecule has 114 valence electrons. The van der Waals surface area contributed by atoms with Gasteiger partial charge < -0.3 is 0 Å². The van der Waals surface area contributed by atoms with Crippen LogP contribution >= 0.6 is 11.8 Å². The van der Waals surface area contributed by atoms with Crippen molar-refractivity contribution in [3.8, 4) is 0 Å². The van der Waals surface area contributed by atoms with Crippen LogP contribution in [0.1, 0.15) is 40.3 Å². The highest BCUT2D eigenvalue weighted by atomic mass is 32.2. The summed E-state index contributed by atoms with van der Waals surface area (Å²) in [6.45, 7) is 2.37. The van der Waals surface area contributed by atoms with Crippen LogP contribution < -0.4 is 0 Å². The molecule has 1 aliphatic rings. The van der Waals surface area contributed by atoms with Gasteiger partial charge in [0.2, 0.25) is 0 Å². The molecule has 0 saturated heterocycles. The van der Waals surface area contributed by atoms with Crippen LogP contribution in [0, 0.1) is 0 Å². The van der Waals surface area contributed by atoms with Crippen molar-refractivity contribution < 1.29 is 0 Å². The third-order valence-corrected chi connectivity index (χ3v) is 6.19. The molecule has 0 unspecified atom stereocenters. The lowest BCUT2D eigenvalue weighted by Gasteiger charge is -2.36. The van der Waals surface area contributed by atoms with Crippen LogP contribution in [0.15, 0.2) is 84.9 Å². The summed E-state index contributed by atoms with van der Waals surface area (Å²) in [6.07, 6.45) is 0. The lowest BCUT2D eigenvalue weighted by molar-refractivity contribution is 0.762. The molecule has 0 amide bonds. The van der Waals surface area contributed by atoms with Crippen molar-refractivity contribution in [1.29, 1.82) is 0 Å². The average molecular weight is 316 g/mol. The minimum atomic E-state index is 0.433. The summed E-state index contributed by atoms with van der Waals surface area (Å²) in [5, 5.41) is 0.986. The summed E-state index contributed by atoms with van der Waals surface area (Å²) in [5.74, 6) is 0.470. The van der Waals surface area contributed by atoms with Gasteiger partial charge in [-0.3, -0.25) is 0 Å². The fourth-order valence-corrected chi connectivity index (χ4v) is 5.21. The van der Waals surface area contributed by atoms with E-state index in [0.717, 1.165) is 0 Å². The zero-order valence-corrected chi connectivity index (χ0v) is 14.0. The van der Waals surface area contributed by atoms with Crippen LogP contribution in [0.4, 0.5) is 0 Å². The Balaban J connectivity index is 1.84. The Bertz CT molecular complexity index is 779. The van der Waals surface area contributed by atoms with Gasteiger partial charge in [-0.25, -0.2) is 0 Å². The van der Waals surface area contributed by atoms with E-state index in [9.17, 15) is 0 Å². The molecule has 0 saturated carbocycles. The zero-order chi connectivity index (χ0) is 15.6. The molecule has 1 heterocycles. The Labute approximate surface area is 142 Å². The molecule has 3 atom stereocenters. The van der Waals surface area contributed by atoms with Crippen LogP contribution in [0.2, 0.25) is 0 Å². The molecule has 3 aromatic rings. The van der Waals surface area contributed by atoms with E-state index in [2.05, 4.69) is 104 Å². The molecule has 23 heavy (non-hydrogen) atoms. The smallest absolute Gasteiger partial charge is 0.0552 e. The quantitative estimate of drug-likeness (QED) is 0.555. The standard InChI is InChI=1S/C22H20S/c1-16-21(17-10-4-2-5-11-17)19-14-8-9-15-20(19)22(23-16)18-12-6-3-7-13-18/h2-16,21-22H,1H3/t16-,21+,22-/m1/s1. The first-order valence-corrected chi connectivity index (χ1v) is 9.13. The number of benzene rings is 3. The monoisotopic (exact) mass is 316 g/mol. The molecular formula is C22H20S.